The fourth-order valence-electron chi connectivity index (χ4n) is 2.19. The Balaban J connectivity index is 2.79. The average Bonchev–Trinajstić information content (AvgIpc) is 2.35. The quantitative estimate of drug-likeness (QED) is 0.478. The topological polar surface area (TPSA) is 0 Å². The molecule has 0 aliphatic carbocycles. The molecule has 0 atom stereocenters. The summed E-state index contributed by atoms with van der Waals surface area (Å²) >= 11 is 7.09. The van der Waals surface area contributed by atoms with Crippen molar-refractivity contribution in [3.63, 3.8) is 0 Å². The molecule has 0 unspecified atom stereocenters. The zero-order valence-corrected chi connectivity index (χ0v) is 14.0. The predicted octanol–water partition coefficient (Wildman–Crippen LogP) is 5.17. The molecule has 0 saturated carbocycles. The monoisotopic (exact) mass is 282 g/mol. The molecule has 0 N–H and O–H groups in total. The van der Waals surface area contributed by atoms with Gasteiger partial charge >= 0.3 is 0 Å². The molecule has 1 rings (SSSR count). The molecule has 0 heterocycles. The summed E-state index contributed by atoms with van der Waals surface area (Å²) in [4.78, 5) is 0. The van der Waals surface area contributed by atoms with Gasteiger partial charge in [-0.15, -0.1) is 0 Å². The van der Waals surface area contributed by atoms with E-state index in [-0.39, 0.29) is 0 Å². The number of benzene rings is 1. The van der Waals surface area contributed by atoms with Crippen molar-refractivity contribution in [2.45, 2.75) is 52.6 Å². The van der Waals surface area contributed by atoms with Crippen molar-refractivity contribution in [2.75, 3.05) is 0 Å². The summed E-state index contributed by atoms with van der Waals surface area (Å²) in [5, 5.41) is 1.42. The van der Waals surface area contributed by atoms with E-state index in [4.69, 9.17) is 11.1 Å². The van der Waals surface area contributed by atoms with E-state index in [1.54, 1.807) is 0 Å². The lowest BCUT2D eigenvalue weighted by Crippen LogP contribution is -2.42. The lowest BCUT2D eigenvalue weighted by molar-refractivity contribution is 0.607. The second-order valence-corrected chi connectivity index (χ2v) is 11.9. The molecule has 0 spiro atoms. The van der Waals surface area contributed by atoms with Crippen molar-refractivity contribution in [1.29, 1.82) is 0 Å². The van der Waals surface area contributed by atoms with Gasteiger partial charge in [-0.3, -0.25) is 0 Å². The van der Waals surface area contributed by atoms with Gasteiger partial charge in [-0.1, -0.05) is 70.9 Å². The van der Waals surface area contributed by atoms with Gasteiger partial charge in [0.25, 0.3) is 0 Å². The van der Waals surface area contributed by atoms with Crippen molar-refractivity contribution in [3.05, 3.63) is 30.3 Å². The Kier molecular flexibility index (Phi) is 6.44. The highest BCUT2D eigenvalue weighted by Crippen LogP contribution is 2.28. The first kappa shape index (κ1) is 15.8. The van der Waals surface area contributed by atoms with Gasteiger partial charge in [-0.05, 0) is 29.1 Å². The first-order valence-electron chi connectivity index (χ1n) is 7.18. The summed E-state index contributed by atoms with van der Waals surface area (Å²) in [6.07, 6.45) is 2.51. The fraction of sp³-hybridized carbons (Fsp3) is 0.625. The van der Waals surface area contributed by atoms with Gasteiger partial charge in [-0.2, -0.15) is 11.1 Å². The second-order valence-electron chi connectivity index (χ2n) is 6.20. The van der Waals surface area contributed by atoms with Crippen molar-refractivity contribution in [3.8, 4) is 0 Å². The Morgan fingerprint density at radius 2 is 1.33 bits per heavy atom. The lowest BCUT2D eigenvalue weighted by Gasteiger charge is -2.26. The van der Waals surface area contributed by atoms with E-state index in [2.05, 4.69) is 58.0 Å². The summed E-state index contributed by atoms with van der Waals surface area (Å²) in [7, 11) is -1.78. The molecule has 18 heavy (non-hydrogen) atoms. The summed E-state index contributed by atoms with van der Waals surface area (Å²) < 4.78 is 0. The van der Waals surface area contributed by atoms with E-state index < -0.39 is 7.38 Å². The highest BCUT2D eigenvalue weighted by Gasteiger charge is 2.32. The number of rotatable bonds is 7. The lowest BCUT2D eigenvalue weighted by atomic mass is 10.2. The average molecular weight is 283 g/mol. The Labute approximate surface area is 118 Å². The second kappa shape index (κ2) is 7.35. The molecular weight excluding hydrogens is 256 g/mol. The van der Waals surface area contributed by atoms with Crippen LogP contribution in [0.15, 0.2) is 30.3 Å². The molecule has 0 bridgehead atoms. The first-order chi connectivity index (χ1) is 8.44. The molecule has 0 aliphatic heterocycles. The number of halogens is 1. The number of hydrogen-bond donors (Lipinski definition) is 0. The Morgan fingerprint density at radius 1 is 0.889 bits per heavy atom. The zero-order valence-electron chi connectivity index (χ0n) is 12.2. The van der Waals surface area contributed by atoms with E-state index in [1.165, 1.54) is 30.1 Å². The van der Waals surface area contributed by atoms with Crippen LogP contribution in [0.4, 0.5) is 0 Å². The van der Waals surface area contributed by atoms with Gasteiger partial charge in [0, 0.05) is 0 Å². The van der Waals surface area contributed by atoms with Crippen LogP contribution in [-0.2, 0) is 0 Å². The van der Waals surface area contributed by atoms with Gasteiger partial charge in [-0.25, -0.2) is 0 Å². The summed E-state index contributed by atoms with van der Waals surface area (Å²) in [6.45, 7) is 9.16. The first-order valence-corrected chi connectivity index (χ1v) is 10.6. The third kappa shape index (κ3) is 5.15. The normalized spacial score (nSPS) is 12.4. The van der Waals surface area contributed by atoms with Crippen LogP contribution in [0.5, 0.6) is 0 Å². The highest BCUT2D eigenvalue weighted by molar-refractivity contribution is 7.27. The molecule has 0 fully saturated rings. The summed E-state index contributed by atoms with van der Waals surface area (Å²) in [5.74, 6) is 1.50. The maximum atomic E-state index is 7.09. The van der Waals surface area contributed by atoms with Crippen LogP contribution in [0.1, 0.15) is 40.5 Å². The van der Waals surface area contributed by atoms with Gasteiger partial charge < -0.3 is 0 Å². The predicted molar refractivity (Wildman–Crippen MR) is 86.2 cm³/mol. The summed E-state index contributed by atoms with van der Waals surface area (Å²) in [5.41, 5.74) is 0. The third-order valence-corrected chi connectivity index (χ3v) is 8.85. The minimum atomic E-state index is -1.78. The maximum absolute atomic E-state index is 7.09. The molecule has 0 saturated heterocycles. The highest BCUT2D eigenvalue weighted by atomic mass is 35.6. The van der Waals surface area contributed by atoms with E-state index in [1.807, 2.05) is 0 Å². The molecular formula is C16H27ClSi. The minimum Gasteiger partial charge on any atom is -0.161 e. The van der Waals surface area contributed by atoms with Crippen molar-refractivity contribution < 1.29 is 0 Å². The van der Waals surface area contributed by atoms with Crippen LogP contribution < -0.4 is 5.19 Å². The molecule has 0 nitrogen and oxygen atoms in total. The van der Waals surface area contributed by atoms with Crippen LogP contribution in [0.3, 0.4) is 0 Å². The zero-order chi connectivity index (χ0) is 13.6. The fourth-order valence-corrected chi connectivity index (χ4v) is 6.91. The van der Waals surface area contributed by atoms with Crippen LogP contribution in [0.2, 0.25) is 12.1 Å². The Bertz CT molecular complexity index is 320. The minimum absolute atomic E-state index is 0.749. The molecule has 0 aliphatic rings. The smallest absolute Gasteiger partial charge is 0.161 e. The Hall–Kier alpha value is -0.273. The van der Waals surface area contributed by atoms with E-state index in [0.717, 1.165) is 11.8 Å². The molecule has 0 aromatic heterocycles. The van der Waals surface area contributed by atoms with Crippen LogP contribution in [0.25, 0.3) is 0 Å². The molecule has 0 radical (unpaired) electrons. The van der Waals surface area contributed by atoms with Gasteiger partial charge in [0.2, 0.25) is 0 Å². The molecule has 2 heteroatoms. The maximum Gasteiger partial charge on any atom is 0.186 e. The molecule has 1 aromatic rings. The van der Waals surface area contributed by atoms with Crippen molar-refractivity contribution >= 4 is 23.6 Å². The summed E-state index contributed by atoms with van der Waals surface area (Å²) in [6, 6.07) is 13.2. The molecule has 1 aromatic carbocycles. The number of hydrogen-bond acceptors (Lipinski definition) is 0. The largest absolute Gasteiger partial charge is 0.186 e. The molecule has 0 amide bonds. The van der Waals surface area contributed by atoms with Crippen molar-refractivity contribution in [2.24, 2.45) is 11.8 Å². The van der Waals surface area contributed by atoms with Crippen LogP contribution in [0, 0.1) is 11.8 Å². The molecule has 102 valence electrons. The standard InChI is InChI=1S/C16H27ClSi/c1-14(2)10-12-18(17,13-11-15(3)4)16-8-6-5-7-9-16/h5-9,14-15H,10-13H2,1-4H3. The van der Waals surface area contributed by atoms with Gasteiger partial charge in [0.05, 0.1) is 0 Å². The SMILES string of the molecule is CC(C)CC[Si](Cl)(CCC(C)C)c1ccccc1. The third-order valence-electron chi connectivity index (χ3n) is 3.53. The van der Waals surface area contributed by atoms with E-state index >= 15 is 0 Å². The van der Waals surface area contributed by atoms with Crippen LogP contribution in [-0.4, -0.2) is 7.38 Å². The van der Waals surface area contributed by atoms with Crippen molar-refractivity contribution in [1.82, 2.24) is 0 Å². The van der Waals surface area contributed by atoms with E-state index in [0.29, 0.717) is 0 Å². The van der Waals surface area contributed by atoms with Gasteiger partial charge in [0.1, 0.15) is 0 Å². The van der Waals surface area contributed by atoms with Gasteiger partial charge in [0.15, 0.2) is 7.38 Å². The van der Waals surface area contributed by atoms with E-state index in [9.17, 15) is 0 Å². The van der Waals surface area contributed by atoms with Crippen LogP contribution >= 0.6 is 11.1 Å². The Morgan fingerprint density at radius 3 is 1.72 bits per heavy atom.